The summed E-state index contributed by atoms with van der Waals surface area (Å²) in [5.41, 5.74) is 8.32. The third-order valence-electron chi connectivity index (χ3n) is 4.19. The third kappa shape index (κ3) is 4.17. The molecule has 0 spiro atoms. The highest BCUT2D eigenvalue weighted by Crippen LogP contribution is 2.21. The van der Waals surface area contributed by atoms with Crippen LogP contribution in [0.1, 0.15) is 38.9 Å². The molecule has 0 aliphatic rings. The highest BCUT2D eigenvalue weighted by atomic mass is 35.5. The number of aromatic nitrogens is 2. The summed E-state index contributed by atoms with van der Waals surface area (Å²) in [5.74, 6) is -0.954. The maximum absolute atomic E-state index is 12.7. The van der Waals surface area contributed by atoms with Crippen LogP contribution in [0.5, 0.6) is 0 Å². The standard InChI is InChI=1S/C20H19ClN4O2/c1-2-18-16(11-23-25(18)12-13-6-4-3-5-7-13)20(27)24-14-8-9-17(21)15(10-14)19(22)26/h3-11H,2,12H2,1H3,(H2,22,26)(H,24,27). The van der Waals surface area contributed by atoms with E-state index in [1.807, 2.05) is 41.9 Å². The van der Waals surface area contributed by atoms with Crippen molar-refractivity contribution in [2.75, 3.05) is 5.32 Å². The van der Waals surface area contributed by atoms with E-state index in [1.54, 1.807) is 12.3 Å². The fraction of sp³-hybridized carbons (Fsp3) is 0.150. The minimum atomic E-state index is -0.652. The zero-order valence-electron chi connectivity index (χ0n) is 14.8. The molecular weight excluding hydrogens is 364 g/mol. The number of carbonyl (C=O) groups is 2. The van der Waals surface area contributed by atoms with Gasteiger partial charge in [-0.05, 0) is 30.2 Å². The first-order valence-electron chi connectivity index (χ1n) is 8.49. The summed E-state index contributed by atoms with van der Waals surface area (Å²) in [4.78, 5) is 24.1. The highest BCUT2D eigenvalue weighted by molar-refractivity contribution is 6.34. The number of anilines is 1. The third-order valence-corrected chi connectivity index (χ3v) is 4.52. The molecule has 0 radical (unpaired) electrons. The maximum Gasteiger partial charge on any atom is 0.259 e. The minimum absolute atomic E-state index is 0.157. The second kappa shape index (κ2) is 8.05. The van der Waals surface area contributed by atoms with E-state index >= 15 is 0 Å². The van der Waals surface area contributed by atoms with E-state index in [0.717, 1.165) is 11.3 Å². The van der Waals surface area contributed by atoms with Gasteiger partial charge in [-0.3, -0.25) is 14.3 Å². The van der Waals surface area contributed by atoms with Gasteiger partial charge in [-0.15, -0.1) is 0 Å². The largest absolute Gasteiger partial charge is 0.366 e. The molecule has 3 N–H and O–H groups in total. The average Bonchev–Trinajstić information content (AvgIpc) is 3.06. The van der Waals surface area contributed by atoms with Gasteiger partial charge in [-0.25, -0.2) is 0 Å². The summed E-state index contributed by atoms with van der Waals surface area (Å²) >= 11 is 5.95. The SMILES string of the molecule is CCc1c(C(=O)Nc2ccc(Cl)c(C(N)=O)c2)cnn1Cc1ccccc1. The molecule has 1 heterocycles. The summed E-state index contributed by atoms with van der Waals surface area (Å²) in [5, 5.41) is 7.38. The van der Waals surface area contributed by atoms with E-state index in [1.165, 1.54) is 12.1 Å². The van der Waals surface area contributed by atoms with E-state index in [9.17, 15) is 9.59 Å². The monoisotopic (exact) mass is 382 g/mol. The van der Waals surface area contributed by atoms with Crippen LogP contribution < -0.4 is 11.1 Å². The summed E-state index contributed by atoms with van der Waals surface area (Å²) in [6.07, 6.45) is 2.21. The molecule has 27 heavy (non-hydrogen) atoms. The van der Waals surface area contributed by atoms with Gasteiger partial charge in [0.1, 0.15) is 0 Å². The van der Waals surface area contributed by atoms with Gasteiger partial charge in [0.05, 0.1) is 34.6 Å². The average molecular weight is 383 g/mol. The van der Waals surface area contributed by atoms with Crippen molar-refractivity contribution in [3.05, 3.63) is 82.1 Å². The van der Waals surface area contributed by atoms with Crippen LogP contribution >= 0.6 is 11.6 Å². The molecule has 6 nitrogen and oxygen atoms in total. The van der Waals surface area contributed by atoms with E-state index in [2.05, 4.69) is 10.4 Å². The van der Waals surface area contributed by atoms with Gasteiger partial charge < -0.3 is 11.1 Å². The molecule has 0 atom stereocenters. The lowest BCUT2D eigenvalue weighted by molar-refractivity contribution is 0.0996. The first-order valence-corrected chi connectivity index (χ1v) is 8.86. The number of hydrogen-bond acceptors (Lipinski definition) is 3. The van der Waals surface area contributed by atoms with E-state index in [-0.39, 0.29) is 16.5 Å². The van der Waals surface area contributed by atoms with Crippen molar-refractivity contribution < 1.29 is 9.59 Å². The Kier molecular flexibility index (Phi) is 5.57. The minimum Gasteiger partial charge on any atom is -0.366 e. The van der Waals surface area contributed by atoms with Crippen molar-refractivity contribution in [2.45, 2.75) is 19.9 Å². The molecule has 3 aromatic rings. The number of benzene rings is 2. The Labute approximate surface area is 161 Å². The van der Waals surface area contributed by atoms with Crippen LogP contribution in [0.15, 0.2) is 54.7 Å². The summed E-state index contributed by atoms with van der Waals surface area (Å²) < 4.78 is 1.82. The molecule has 2 aromatic carbocycles. The van der Waals surface area contributed by atoms with Gasteiger partial charge in [-0.1, -0.05) is 48.9 Å². The Balaban J connectivity index is 1.83. The van der Waals surface area contributed by atoms with Crippen LogP contribution in [0.25, 0.3) is 0 Å². The molecule has 0 aliphatic carbocycles. The molecule has 2 amide bonds. The number of nitrogens with two attached hydrogens (primary N) is 1. The molecule has 3 rings (SSSR count). The van der Waals surface area contributed by atoms with Crippen LogP contribution in [-0.4, -0.2) is 21.6 Å². The molecule has 0 saturated carbocycles. The predicted octanol–water partition coefficient (Wildman–Crippen LogP) is 3.50. The Morgan fingerprint density at radius 3 is 2.56 bits per heavy atom. The molecular formula is C20H19ClN4O2. The van der Waals surface area contributed by atoms with Crippen LogP contribution in [0.4, 0.5) is 5.69 Å². The number of nitrogens with one attached hydrogen (secondary N) is 1. The van der Waals surface area contributed by atoms with Crippen molar-refractivity contribution in [2.24, 2.45) is 5.73 Å². The Morgan fingerprint density at radius 2 is 1.89 bits per heavy atom. The van der Waals surface area contributed by atoms with Gasteiger partial charge in [-0.2, -0.15) is 5.10 Å². The van der Waals surface area contributed by atoms with Gasteiger partial charge in [0.2, 0.25) is 5.91 Å². The van der Waals surface area contributed by atoms with Crippen molar-refractivity contribution in [3.8, 4) is 0 Å². The number of amides is 2. The Morgan fingerprint density at radius 1 is 1.15 bits per heavy atom. The van der Waals surface area contributed by atoms with Gasteiger partial charge in [0, 0.05) is 5.69 Å². The van der Waals surface area contributed by atoms with E-state index in [4.69, 9.17) is 17.3 Å². The van der Waals surface area contributed by atoms with Crippen molar-refractivity contribution in [3.63, 3.8) is 0 Å². The molecule has 7 heteroatoms. The highest BCUT2D eigenvalue weighted by Gasteiger charge is 2.17. The number of nitrogens with zero attached hydrogens (tertiary/aromatic N) is 2. The number of carbonyl (C=O) groups excluding carboxylic acids is 2. The van der Waals surface area contributed by atoms with Crippen LogP contribution in [0.2, 0.25) is 5.02 Å². The van der Waals surface area contributed by atoms with Gasteiger partial charge in [0.25, 0.3) is 5.91 Å². The van der Waals surface area contributed by atoms with E-state index < -0.39 is 5.91 Å². The van der Waals surface area contributed by atoms with Crippen LogP contribution in [0, 0.1) is 0 Å². The maximum atomic E-state index is 12.7. The smallest absolute Gasteiger partial charge is 0.259 e. The van der Waals surface area contributed by atoms with Crippen molar-refractivity contribution in [1.29, 1.82) is 0 Å². The Bertz CT molecular complexity index is 983. The van der Waals surface area contributed by atoms with E-state index in [0.29, 0.717) is 24.2 Å². The van der Waals surface area contributed by atoms with Crippen LogP contribution in [0.3, 0.4) is 0 Å². The first kappa shape index (κ1) is 18.7. The second-order valence-corrected chi connectivity index (χ2v) is 6.42. The lowest BCUT2D eigenvalue weighted by Gasteiger charge is -2.10. The summed E-state index contributed by atoms with van der Waals surface area (Å²) in [6.45, 7) is 2.56. The van der Waals surface area contributed by atoms with Gasteiger partial charge >= 0.3 is 0 Å². The fourth-order valence-electron chi connectivity index (χ4n) is 2.86. The molecule has 0 unspecified atom stereocenters. The lowest BCUT2D eigenvalue weighted by Crippen LogP contribution is -2.16. The van der Waals surface area contributed by atoms with Gasteiger partial charge in [0.15, 0.2) is 0 Å². The second-order valence-electron chi connectivity index (χ2n) is 6.01. The molecule has 0 bridgehead atoms. The molecule has 1 aromatic heterocycles. The summed E-state index contributed by atoms with van der Waals surface area (Å²) in [7, 11) is 0. The zero-order chi connectivity index (χ0) is 19.4. The topological polar surface area (TPSA) is 90.0 Å². The number of rotatable bonds is 6. The summed E-state index contributed by atoms with van der Waals surface area (Å²) in [6, 6.07) is 14.5. The predicted molar refractivity (Wildman–Crippen MR) is 105 cm³/mol. The fourth-order valence-corrected chi connectivity index (χ4v) is 3.07. The molecule has 0 aliphatic heterocycles. The quantitative estimate of drug-likeness (QED) is 0.683. The first-order chi connectivity index (χ1) is 13.0. The number of halogens is 1. The van der Waals surface area contributed by atoms with Crippen molar-refractivity contribution in [1.82, 2.24) is 9.78 Å². The van der Waals surface area contributed by atoms with Crippen LogP contribution in [-0.2, 0) is 13.0 Å². The zero-order valence-corrected chi connectivity index (χ0v) is 15.5. The lowest BCUT2D eigenvalue weighted by atomic mass is 10.1. The number of hydrogen-bond donors (Lipinski definition) is 2. The van der Waals surface area contributed by atoms with Crippen molar-refractivity contribution >= 4 is 29.1 Å². The normalized spacial score (nSPS) is 10.6. The Hall–Kier alpha value is -3.12. The number of primary amides is 1. The molecule has 0 saturated heterocycles. The molecule has 0 fully saturated rings. The molecule has 138 valence electrons.